The average Bonchev–Trinajstić information content (AvgIpc) is 2.83. The summed E-state index contributed by atoms with van der Waals surface area (Å²) in [6.07, 6.45) is 3.14. The van der Waals surface area contributed by atoms with Gasteiger partial charge in [-0.1, -0.05) is 30.3 Å². The van der Waals surface area contributed by atoms with Gasteiger partial charge in [0.1, 0.15) is 0 Å². The smallest absolute Gasteiger partial charge is 0.0860 e. The highest BCUT2D eigenvalue weighted by Crippen LogP contribution is 1.97. The Morgan fingerprint density at radius 1 is 1.24 bits per heavy atom. The predicted octanol–water partition coefficient (Wildman–Crippen LogP) is 1.03. The molecule has 1 atom stereocenters. The minimum Gasteiger partial charge on any atom is -0.390 e. The van der Waals surface area contributed by atoms with Crippen molar-refractivity contribution >= 4 is 0 Å². The monoisotopic (exact) mass is 231 g/mol. The van der Waals surface area contributed by atoms with Crippen molar-refractivity contribution in [2.45, 2.75) is 19.2 Å². The van der Waals surface area contributed by atoms with Gasteiger partial charge in [-0.05, 0) is 11.6 Å². The van der Waals surface area contributed by atoms with Crippen LogP contribution in [0.25, 0.3) is 0 Å². The SMILES string of the molecule is OC(CNCc1ccccc1)Cn1cccn1. The van der Waals surface area contributed by atoms with Gasteiger partial charge in [-0.2, -0.15) is 5.10 Å². The molecule has 2 rings (SSSR count). The number of rotatable bonds is 6. The summed E-state index contributed by atoms with van der Waals surface area (Å²) in [6.45, 7) is 1.86. The molecule has 1 aromatic heterocycles. The molecule has 0 aliphatic rings. The van der Waals surface area contributed by atoms with E-state index >= 15 is 0 Å². The van der Waals surface area contributed by atoms with Crippen LogP contribution in [0.1, 0.15) is 5.56 Å². The van der Waals surface area contributed by atoms with Crippen molar-refractivity contribution in [1.82, 2.24) is 15.1 Å². The van der Waals surface area contributed by atoms with Crippen molar-refractivity contribution in [3.05, 3.63) is 54.4 Å². The molecule has 0 aliphatic carbocycles. The summed E-state index contributed by atoms with van der Waals surface area (Å²) in [5.74, 6) is 0. The molecular formula is C13H17N3O. The molecule has 1 unspecified atom stereocenters. The van der Waals surface area contributed by atoms with E-state index in [-0.39, 0.29) is 0 Å². The van der Waals surface area contributed by atoms with Gasteiger partial charge in [-0.3, -0.25) is 4.68 Å². The second kappa shape index (κ2) is 6.18. The summed E-state index contributed by atoms with van der Waals surface area (Å²) in [7, 11) is 0. The molecule has 4 nitrogen and oxygen atoms in total. The molecule has 90 valence electrons. The molecule has 2 aromatic rings. The molecule has 0 spiro atoms. The fraction of sp³-hybridized carbons (Fsp3) is 0.308. The minimum atomic E-state index is -0.418. The van der Waals surface area contributed by atoms with Crippen LogP contribution in [0, 0.1) is 0 Å². The van der Waals surface area contributed by atoms with Crippen molar-refractivity contribution in [2.75, 3.05) is 6.54 Å². The first-order chi connectivity index (χ1) is 8.34. The summed E-state index contributed by atoms with van der Waals surface area (Å²) in [6, 6.07) is 12.0. The van der Waals surface area contributed by atoms with E-state index in [1.54, 1.807) is 10.9 Å². The maximum Gasteiger partial charge on any atom is 0.0860 e. The summed E-state index contributed by atoms with van der Waals surface area (Å²) in [5.41, 5.74) is 1.22. The highest BCUT2D eigenvalue weighted by Gasteiger charge is 2.04. The molecule has 2 N–H and O–H groups in total. The van der Waals surface area contributed by atoms with E-state index in [0.717, 1.165) is 6.54 Å². The number of aliphatic hydroxyl groups excluding tert-OH is 1. The standard InChI is InChI=1S/C13H17N3O/c17-13(11-16-8-4-7-15-16)10-14-9-12-5-2-1-3-6-12/h1-8,13-14,17H,9-11H2. The maximum absolute atomic E-state index is 9.78. The number of aromatic nitrogens is 2. The van der Waals surface area contributed by atoms with Crippen LogP contribution in [0.4, 0.5) is 0 Å². The molecule has 0 amide bonds. The first kappa shape index (κ1) is 11.8. The number of aliphatic hydroxyl groups is 1. The van der Waals surface area contributed by atoms with Crippen molar-refractivity contribution in [3.8, 4) is 0 Å². The fourth-order valence-corrected chi connectivity index (χ4v) is 1.67. The van der Waals surface area contributed by atoms with Crippen LogP contribution in [0.2, 0.25) is 0 Å². The van der Waals surface area contributed by atoms with Crippen molar-refractivity contribution in [2.24, 2.45) is 0 Å². The number of nitrogens with one attached hydrogen (secondary N) is 1. The zero-order valence-electron chi connectivity index (χ0n) is 9.66. The Hall–Kier alpha value is -1.65. The Labute approximate surface area is 101 Å². The van der Waals surface area contributed by atoms with Gasteiger partial charge >= 0.3 is 0 Å². The van der Waals surface area contributed by atoms with Crippen LogP contribution < -0.4 is 5.32 Å². The first-order valence-electron chi connectivity index (χ1n) is 5.75. The van der Waals surface area contributed by atoms with Gasteiger partial charge in [-0.25, -0.2) is 0 Å². The van der Waals surface area contributed by atoms with Crippen molar-refractivity contribution in [3.63, 3.8) is 0 Å². The molecule has 1 heterocycles. The number of hydrogen-bond acceptors (Lipinski definition) is 3. The van der Waals surface area contributed by atoms with E-state index in [1.165, 1.54) is 5.56 Å². The predicted molar refractivity (Wildman–Crippen MR) is 66.4 cm³/mol. The highest BCUT2D eigenvalue weighted by molar-refractivity contribution is 5.14. The Balaban J connectivity index is 1.68. The number of hydrogen-bond donors (Lipinski definition) is 2. The second-order valence-electron chi connectivity index (χ2n) is 4.00. The normalized spacial score (nSPS) is 12.5. The van der Waals surface area contributed by atoms with Gasteiger partial charge in [-0.15, -0.1) is 0 Å². The highest BCUT2D eigenvalue weighted by atomic mass is 16.3. The fourth-order valence-electron chi connectivity index (χ4n) is 1.67. The lowest BCUT2D eigenvalue weighted by molar-refractivity contribution is 0.146. The first-order valence-corrected chi connectivity index (χ1v) is 5.75. The Morgan fingerprint density at radius 3 is 2.76 bits per heavy atom. The lowest BCUT2D eigenvalue weighted by Crippen LogP contribution is -2.30. The van der Waals surface area contributed by atoms with Crippen LogP contribution >= 0.6 is 0 Å². The molecule has 0 bridgehead atoms. The molecule has 0 aliphatic heterocycles. The molecule has 4 heteroatoms. The van der Waals surface area contributed by atoms with Gasteiger partial charge in [0.25, 0.3) is 0 Å². The third-order valence-electron chi connectivity index (χ3n) is 2.51. The van der Waals surface area contributed by atoms with Gasteiger partial charge in [0.05, 0.1) is 12.6 Å². The maximum atomic E-state index is 9.78. The van der Waals surface area contributed by atoms with Gasteiger partial charge in [0, 0.05) is 25.5 Å². The van der Waals surface area contributed by atoms with Crippen molar-refractivity contribution in [1.29, 1.82) is 0 Å². The molecule has 17 heavy (non-hydrogen) atoms. The van der Waals surface area contributed by atoms with Gasteiger partial charge in [0.15, 0.2) is 0 Å². The molecule has 0 fully saturated rings. The molecular weight excluding hydrogens is 214 g/mol. The summed E-state index contributed by atoms with van der Waals surface area (Å²) >= 11 is 0. The van der Waals surface area contributed by atoms with Crippen LogP contribution in [0.5, 0.6) is 0 Å². The van der Waals surface area contributed by atoms with Crippen LogP contribution in [0.3, 0.4) is 0 Å². The van der Waals surface area contributed by atoms with Gasteiger partial charge in [0.2, 0.25) is 0 Å². The topological polar surface area (TPSA) is 50.1 Å². The molecule has 0 saturated carbocycles. The second-order valence-corrected chi connectivity index (χ2v) is 4.00. The van der Waals surface area contributed by atoms with E-state index in [4.69, 9.17) is 0 Å². The Morgan fingerprint density at radius 2 is 2.06 bits per heavy atom. The zero-order valence-corrected chi connectivity index (χ0v) is 9.66. The van der Waals surface area contributed by atoms with E-state index in [1.807, 2.05) is 30.5 Å². The molecule has 0 radical (unpaired) electrons. The summed E-state index contributed by atoms with van der Waals surface area (Å²) < 4.78 is 1.73. The third-order valence-corrected chi connectivity index (χ3v) is 2.51. The number of benzene rings is 1. The van der Waals surface area contributed by atoms with Crippen LogP contribution in [0.15, 0.2) is 48.8 Å². The molecule has 0 saturated heterocycles. The van der Waals surface area contributed by atoms with Crippen LogP contribution in [-0.4, -0.2) is 27.5 Å². The Kier molecular flexibility index (Phi) is 4.30. The summed E-state index contributed by atoms with van der Waals surface area (Å²) in [5, 5.41) is 17.0. The van der Waals surface area contributed by atoms with E-state index < -0.39 is 6.10 Å². The summed E-state index contributed by atoms with van der Waals surface area (Å²) in [4.78, 5) is 0. The quantitative estimate of drug-likeness (QED) is 0.781. The third kappa shape index (κ3) is 4.01. The van der Waals surface area contributed by atoms with E-state index in [9.17, 15) is 5.11 Å². The largest absolute Gasteiger partial charge is 0.390 e. The lowest BCUT2D eigenvalue weighted by atomic mass is 10.2. The zero-order chi connectivity index (χ0) is 11.9. The van der Waals surface area contributed by atoms with Crippen molar-refractivity contribution < 1.29 is 5.11 Å². The van der Waals surface area contributed by atoms with E-state index in [2.05, 4.69) is 22.5 Å². The Bertz CT molecular complexity index is 413. The number of nitrogens with zero attached hydrogens (tertiary/aromatic N) is 2. The average molecular weight is 231 g/mol. The van der Waals surface area contributed by atoms with Gasteiger partial charge < -0.3 is 10.4 Å². The minimum absolute atomic E-state index is 0.418. The lowest BCUT2D eigenvalue weighted by Gasteiger charge is -2.11. The van der Waals surface area contributed by atoms with Crippen LogP contribution in [-0.2, 0) is 13.1 Å². The molecule has 1 aromatic carbocycles. The van der Waals surface area contributed by atoms with E-state index in [0.29, 0.717) is 13.1 Å².